The van der Waals surface area contributed by atoms with Gasteiger partial charge in [0.1, 0.15) is 5.76 Å². The van der Waals surface area contributed by atoms with Crippen LogP contribution in [0.5, 0.6) is 0 Å². The lowest BCUT2D eigenvalue weighted by Gasteiger charge is -2.01. The van der Waals surface area contributed by atoms with Crippen LogP contribution in [0.25, 0.3) is 0 Å². The van der Waals surface area contributed by atoms with Crippen molar-refractivity contribution in [1.29, 1.82) is 0 Å². The van der Waals surface area contributed by atoms with Gasteiger partial charge in [-0.15, -0.1) is 0 Å². The fraction of sp³-hybridized carbons (Fsp3) is 0.231. The summed E-state index contributed by atoms with van der Waals surface area (Å²) in [7, 11) is 0. The van der Waals surface area contributed by atoms with Gasteiger partial charge in [-0.2, -0.15) is 0 Å². The first-order chi connectivity index (χ1) is 8.16. The number of benzene rings is 1. The van der Waals surface area contributed by atoms with Crippen LogP contribution >= 0.6 is 0 Å². The summed E-state index contributed by atoms with van der Waals surface area (Å²) in [6.45, 7) is 2.03. The lowest BCUT2D eigenvalue weighted by molar-refractivity contribution is 0.0689. The predicted molar refractivity (Wildman–Crippen MR) is 62.0 cm³/mol. The van der Waals surface area contributed by atoms with E-state index in [1.54, 1.807) is 0 Å². The first-order valence-corrected chi connectivity index (χ1v) is 5.38. The number of hydrogen-bond donors (Lipinski definition) is 1. The maximum atomic E-state index is 10.8. The van der Waals surface area contributed by atoms with Crippen molar-refractivity contribution in [3.63, 3.8) is 0 Å². The Bertz CT molecular complexity index is 531. The smallest absolute Gasteiger partial charge is 0.358 e. The van der Waals surface area contributed by atoms with Gasteiger partial charge in [0.15, 0.2) is 12.1 Å². The molecule has 1 aromatic carbocycles. The van der Waals surface area contributed by atoms with E-state index in [1.807, 2.05) is 25.1 Å². The van der Waals surface area contributed by atoms with Crippen molar-refractivity contribution in [2.24, 2.45) is 0 Å². The molecule has 0 amide bonds. The molecule has 0 aliphatic rings. The van der Waals surface area contributed by atoms with E-state index in [1.165, 1.54) is 12.0 Å². The van der Waals surface area contributed by atoms with Gasteiger partial charge in [0.2, 0.25) is 0 Å². The largest absolute Gasteiger partial charge is 0.476 e. The molecule has 1 N–H and O–H groups in total. The maximum Gasteiger partial charge on any atom is 0.358 e. The molecule has 0 radical (unpaired) electrons. The summed E-state index contributed by atoms with van der Waals surface area (Å²) in [5.74, 6) is -0.614. The van der Waals surface area contributed by atoms with E-state index < -0.39 is 5.97 Å². The number of oxazole rings is 1. The van der Waals surface area contributed by atoms with Gasteiger partial charge in [-0.1, -0.05) is 29.8 Å². The van der Waals surface area contributed by atoms with E-state index >= 15 is 0 Å². The molecule has 1 heterocycles. The molecular formula is C13H13NO3. The molecule has 0 atom stereocenters. The van der Waals surface area contributed by atoms with Crippen molar-refractivity contribution < 1.29 is 14.3 Å². The minimum absolute atomic E-state index is 0.0117. The molecule has 0 saturated heterocycles. The summed E-state index contributed by atoms with van der Waals surface area (Å²) in [5.41, 5.74) is 2.37. The van der Waals surface area contributed by atoms with Gasteiger partial charge < -0.3 is 9.52 Å². The van der Waals surface area contributed by atoms with E-state index in [4.69, 9.17) is 9.52 Å². The lowest BCUT2D eigenvalue weighted by atomic mass is 10.1. The van der Waals surface area contributed by atoms with Crippen molar-refractivity contribution in [3.05, 3.63) is 53.2 Å². The third-order valence-electron chi connectivity index (χ3n) is 2.57. The molecule has 0 fully saturated rings. The second-order valence-corrected chi connectivity index (χ2v) is 3.92. The summed E-state index contributed by atoms with van der Waals surface area (Å²) in [5, 5.41) is 8.87. The van der Waals surface area contributed by atoms with Crippen molar-refractivity contribution in [3.8, 4) is 0 Å². The highest BCUT2D eigenvalue weighted by molar-refractivity contribution is 5.86. The quantitative estimate of drug-likeness (QED) is 0.877. The van der Waals surface area contributed by atoms with Gasteiger partial charge >= 0.3 is 5.97 Å². The number of carboxylic acid groups (broad SMARTS) is 1. The van der Waals surface area contributed by atoms with Crippen LogP contribution in [0.4, 0.5) is 0 Å². The Balaban J connectivity index is 2.07. The Labute approximate surface area is 98.9 Å². The third kappa shape index (κ3) is 2.72. The van der Waals surface area contributed by atoms with Crippen LogP contribution < -0.4 is 0 Å². The third-order valence-corrected chi connectivity index (χ3v) is 2.57. The Kier molecular flexibility index (Phi) is 3.23. The van der Waals surface area contributed by atoms with E-state index in [0.717, 1.165) is 12.0 Å². The molecular weight excluding hydrogens is 218 g/mol. The summed E-state index contributed by atoms with van der Waals surface area (Å²) in [4.78, 5) is 14.5. The predicted octanol–water partition coefficient (Wildman–Crippen LogP) is 2.47. The Morgan fingerprint density at radius 1 is 1.41 bits per heavy atom. The van der Waals surface area contributed by atoms with Gasteiger partial charge in [-0.3, -0.25) is 0 Å². The highest BCUT2D eigenvalue weighted by Crippen LogP contribution is 2.12. The van der Waals surface area contributed by atoms with Gasteiger partial charge in [0.05, 0.1) is 0 Å². The van der Waals surface area contributed by atoms with Gasteiger partial charge in [0, 0.05) is 6.42 Å². The van der Waals surface area contributed by atoms with Crippen molar-refractivity contribution >= 4 is 5.97 Å². The second kappa shape index (κ2) is 4.82. The molecule has 0 spiro atoms. The average Bonchev–Trinajstić information content (AvgIpc) is 2.74. The van der Waals surface area contributed by atoms with Crippen LogP contribution in [0.2, 0.25) is 0 Å². The minimum Gasteiger partial charge on any atom is -0.476 e. The zero-order valence-corrected chi connectivity index (χ0v) is 9.51. The zero-order chi connectivity index (χ0) is 12.3. The Hall–Kier alpha value is -2.10. The van der Waals surface area contributed by atoms with Gasteiger partial charge in [-0.05, 0) is 18.9 Å². The number of aromatic nitrogens is 1. The van der Waals surface area contributed by atoms with Crippen LogP contribution in [0, 0.1) is 6.92 Å². The van der Waals surface area contributed by atoms with Crippen molar-refractivity contribution in [1.82, 2.24) is 4.98 Å². The average molecular weight is 231 g/mol. The molecule has 2 aromatic rings. The number of carbonyl (C=O) groups is 1. The topological polar surface area (TPSA) is 63.3 Å². The number of aromatic carboxylic acids is 1. The molecule has 0 aliphatic carbocycles. The molecule has 1 aromatic heterocycles. The normalized spacial score (nSPS) is 10.4. The van der Waals surface area contributed by atoms with Gasteiger partial charge in [0.25, 0.3) is 0 Å². The number of hydrogen-bond acceptors (Lipinski definition) is 3. The molecule has 0 saturated carbocycles. The Morgan fingerprint density at radius 2 is 2.24 bits per heavy atom. The molecule has 17 heavy (non-hydrogen) atoms. The maximum absolute atomic E-state index is 10.8. The van der Waals surface area contributed by atoms with Crippen molar-refractivity contribution in [2.45, 2.75) is 19.8 Å². The van der Waals surface area contributed by atoms with Crippen LogP contribution in [0.15, 0.2) is 35.1 Å². The van der Waals surface area contributed by atoms with Crippen LogP contribution in [0.1, 0.15) is 27.4 Å². The summed E-state index contributed by atoms with van der Waals surface area (Å²) >= 11 is 0. The standard InChI is InChI=1S/C13H13NO3/c1-9-3-2-4-10(7-9)5-6-11-12(13(15)16)14-8-17-11/h2-4,7-8H,5-6H2,1H3,(H,15,16). The summed E-state index contributed by atoms with van der Waals surface area (Å²) in [6.07, 6.45) is 2.47. The number of aryl methyl sites for hydroxylation is 3. The molecule has 2 rings (SSSR count). The first kappa shape index (κ1) is 11.4. The van der Waals surface area contributed by atoms with E-state index in [0.29, 0.717) is 12.2 Å². The van der Waals surface area contributed by atoms with Crippen LogP contribution in [-0.4, -0.2) is 16.1 Å². The fourth-order valence-corrected chi connectivity index (χ4v) is 1.75. The minimum atomic E-state index is -1.04. The molecule has 4 heteroatoms. The van der Waals surface area contributed by atoms with E-state index in [2.05, 4.69) is 11.1 Å². The zero-order valence-electron chi connectivity index (χ0n) is 9.51. The summed E-state index contributed by atoms with van der Waals surface area (Å²) in [6, 6.07) is 8.12. The lowest BCUT2D eigenvalue weighted by Crippen LogP contribution is -2.02. The first-order valence-electron chi connectivity index (χ1n) is 5.38. The number of rotatable bonds is 4. The molecule has 88 valence electrons. The molecule has 0 bridgehead atoms. The van der Waals surface area contributed by atoms with Crippen LogP contribution in [0.3, 0.4) is 0 Å². The highest BCUT2D eigenvalue weighted by atomic mass is 16.4. The van der Waals surface area contributed by atoms with Gasteiger partial charge in [-0.25, -0.2) is 9.78 Å². The Morgan fingerprint density at radius 3 is 2.94 bits per heavy atom. The number of nitrogens with zero attached hydrogens (tertiary/aromatic N) is 1. The monoisotopic (exact) mass is 231 g/mol. The second-order valence-electron chi connectivity index (χ2n) is 3.92. The summed E-state index contributed by atoms with van der Waals surface area (Å²) < 4.78 is 5.09. The SMILES string of the molecule is Cc1cccc(CCc2ocnc2C(=O)O)c1. The van der Waals surface area contributed by atoms with E-state index in [9.17, 15) is 4.79 Å². The fourth-order valence-electron chi connectivity index (χ4n) is 1.75. The molecule has 0 unspecified atom stereocenters. The highest BCUT2D eigenvalue weighted by Gasteiger charge is 2.14. The number of carboxylic acids is 1. The van der Waals surface area contributed by atoms with Crippen LogP contribution in [-0.2, 0) is 12.8 Å². The van der Waals surface area contributed by atoms with Crippen molar-refractivity contribution in [2.75, 3.05) is 0 Å². The van der Waals surface area contributed by atoms with E-state index in [-0.39, 0.29) is 5.69 Å². The molecule has 4 nitrogen and oxygen atoms in total. The molecule has 0 aliphatic heterocycles.